The van der Waals surface area contributed by atoms with Crippen LogP contribution < -0.4 is 11.1 Å². The van der Waals surface area contributed by atoms with Crippen LogP contribution in [0.15, 0.2) is 0 Å². The number of urea groups is 1. The number of nitrogens with one attached hydrogen (secondary N) is 1. The summed E-state index contributed by atoms with van der Waals surface area (Å²) in [6, 6.07) is -0.228. The largest absolute Gasteiger partial charge is 0.330 e. The molecule has 0 aromatic heterocycles. The maximum Gasteiger partial charge on any atom is 0.325 e. The average molecular weight is 295 g/mol. The molecule has 21 heavy (non-hydrogen) atoms. The van der Waals surface area contributed by atoms with E-state index in [1.165, 1.54) is 4.90 Å². The summed E-state index contributed by atoms with van der Waals surface area (Å²) in [5, 5.41) is 3.03. The van der Waals surface area contributed by atoms with Gasteiger partial charge >= 0.3 is 6.03 Å². The Bertz CT molecular complexity index is 423. The Labute approximate surface area is 127 Å². The second-order valence-corrected chi connectivity index (χ2v) is 7.61. The summed E-state index contributed by atoms with van der Waals surface area (Å²) in [4.78, 5) is 26.7. The van der Waals surface area contributed by atoms with Crippen molar-refractivity contribution >= 4 is 11.9 Å². The van der Waals surface area contributed by atoms with Gasteiger partial charge < -0.3 is 11.1 Å². The van der Waals surface area contributed by atoms with Gasteiger partial charge in [-0.3, -0.25) is 9.69 Å². The van der Waals surface area contributed by atoms with E-state index >= 15 is 0 Å². The van der Waals surface area contributed by atoms with Gasteiger partial charge in [-0.2, -0.15) is 0 Å². The molecule has 120 valence electrons. The highest BCUT2D eigenvalue weighted by molar-refractivity contribution is 6.07. The van der Waals surface area contributed by atoms with E-state index < -0.39 is 5.54 Å². The highest BCUT2D eigenvalue weighted by atomic mass is 16.2. The van der Waals surface area contributed by atoms with E-state index in [9.17, 15) is 9.59 Å². The summed E-state index contributed by atoms with van der Waals surface area (Å²) in [6.45, 7) is 9.30. The van der Waals surface area contributed by atoms with Crippen LogP contribution in [0.2, 0.25) is 0 Å². The number of nitrogens with two attached hydrogens (primary N) is 1. The van der Waals surface area contributed by atoms with E-state index in [0.29, 0.717) is 13.1 Å². The van der Waals surface area contributed by atoms with Crippen LogP contribution in [0.3, 0.4) is 0 Å². The van der Waals surface area contributed by atoms with Crippen LogP contribution in [0, 0.1) is 17.3 Å². The van der Waals surface area contributed by atoms with E-state index in [0.717, 1.165) is 25.7 Å². The molecule has 2 rings (SSSR count). The number of rotatable bonds is 4. The summed E-state index contributed by atoms with van der Waals surface area (Å²) >= 11 is 0. The van der Waals surface area contributed by atoms with Crippen molar-refractivity contribution < 1.29 is 9.59 Å². The van der Waals surface area contributed by atoms with E-state index in [1.54, 1.807) is 0 Å². The fraction of sp³-hybridized carbons (Fsp3) is 0.875. The number of hydrogen-bond donors (Lipinski definition) is 2. The predicted octanol–water partition coefficient (Wildman–Crippen LogP) is 2.11. The molecule has 3 N–H and O–H groups in total. The third-order valence-corrected chi connectivity index (χ3v) is 5.55. The summed E-state index contributed by atoms with van der Waals surface area (Å²) in [5.41, 5.74) is 5.00. The normalized spacial score (nSPS) is 33.7. The van der Waals surface area contributed by atoms with Crippen molar-refractivity contribution in [3.8, 4) is 0 Å². The molecule has 1 saturated carbocycles. The molecule has 0 aromatic rings. The second-order valence-electron chi connectivity index (χ2n) is 7.61. The molecule has 2 atom stereocenters. The molecule has 2 unspecified atom stereocenters. The van der Waals surface area contributed by atoms with Crippen molar-refractivity contribution in [3.05, 3.63) is 0 Å². The topological polar surface area (TPSA) is 75.4 Å². The number of carbonyl (C=O) groups is 2. The first kappa shape index (κ1) is 16.3. The molecule has 1 spiro atoms. The molecule has 5 nitrogen and oxygen atoms in total. The number of amides is 3. The molecule has 0 aromatic carbocycles. The van der Waals surface area contributed by atoms with Crippen molar-refractivity contribution in [1.82, 2.24) is 10.2 Å². The van der Waals surface area contributed by atoms with Gasteiger partial charge in [0.05, 0.1) is 0 Å². The highest BCUT2D eigenvalue weighted by Crippen LogP contribution is 2.42. The van der Waals surface area contributed by atoms with E-state index in [2.05, 4.69) is 33.0 Å². The lowest BCUT2D eigenvalue weighted by atomic mass is 9.67. The Kier molecular flexibility index (Phi) is 4.34. The van der Waals surface area contributed by atoms with Crippen LogP contribution in [0.1, 0.15) is 53.4 Å². The van der Waals surface area contributed by atoms with Gasteiger partial charge in [0, 0.05) is 6.54 Å². The van der Waals surface area contributed by atoms with Gasteiger partial charge in [-0.25, -0.2) is 4.79 Å². The van der Waals surface area contributed by atoms with Gasteiger partial charge in [0.1, 0.15) is 5.54 Å². The number of hydrogen-bond acceptors (Lipinski definition) is 3. The zero-order valence-corrected chi connectivity index (χ0v) is 13.7. The summed E-state index contributed by atoms with van der Waals surface area (Å²) in [7, 11) is 0. The molecule has 1 saturated heterocycles. The summed E-state index contributed by atoms with van der Waals surface area (Å²) in [6.07, 6.45) is 3.87. The van der Waals surface area contributed by atoms with Crippen molar-refractivity contribution in [3.63, 3.8) is 0 Å². The smallest absolute Gasteiger partial charge is 0.325 e. The lowest BCUT2D eigenvalue weighted by Gasteiger charge is -2.42. The first-order chi connectivity index (χ1) is 9.74. The lowest BCUT2D eigenvalue weighted by Crippen LogP contribution is -2.58. The Morgan fingerprint density at radius 3 is 2.38 bits per heavy atom. The quantitative estimate of drug-likeness (QED) is 0.780. The fourth-order valence-corrected chi connectivity index (χ4v) is 3.67. The fourth-order valence-electron chi connectivity index (χ4n) is 3.67. The molecule has 0 radical (unpaired) electrons. The second kappa shape index (κ2) is 5.59. The number of carbonyl (C=O) groups excluding carboxylic acids is 2. The summed E-state index contributed by atoms with van der Waals surface area (Å²) in [5.74, 6) is 0.371. The maximum atomic E-state index is 12.9. The van der Waals surface area contributed by atoms with Crippen LogP contribution in [0.4, 0.5) is 4.79 Å². The van der Waals surface area contributed by atoms with Crippen LogP contribution in [-0.2, 0) is 4.79 Å². The number of imide groups is 1. The van der Waals surface area contributed by atoms with Crippen molar-refractivity contribution in [2.75, 3.05) is 13.1 Å². The molecule has 2 fully saturated rings. The number of nitrogens with zero attached hydrogens (tertiary/aromatic N) is 1. The first-order valence-corrected chi connectivity index (χ1v) is 8.09. The monoisotopic (exact) mass is 295 g/mol. The highest BCUT2D eigenvalue weighted by Gasteiger charge is 2.58. The van der Waals surface area contributed by atoms with Gasteiger partial charge in [-0.1, -0.05) is 34.1 Å². The Morgan fingerprint density at radius 1 is 1.29 bits per heavy atom. The Hall–Kier alpha value is -1.10. The van der Waals surface area contributed by atoms with Gasteiger partial charge in [-0.05, 0) is 43.1 Å². The molecular formula is C16H29N3O2. The van der Waals surface area contributed by atoms with Gasteiger partial charge in [0.2, 0.25) is 0 Å². The minimum atomic E-state index is -0.678. The first-order valence-electron chi connectivity index (χ1n) is 8.09. The average Bonchev–Trinajstić information content (AvgIpc) is 2.67. The molecule has 3 amide bonds. The molecule has 5 heteroatoms. The van der Waals surface area contributed by atoms with Crippen LogP contribution in [0.5, 0.6) is 0 Å². The van der Waals surface area contributed by atoms with E-state index in [4.69, 9.17) is 5.73 Å². The molecule has 1 heterocycles. The van der Waals surface area contributed by atoms with Crippen molar-refractivity contribution in [2.24, 2.45) is 23.0 Å². The zero-order chi connectivity index (χ0) is 15.8. The minimum Gasteiger partial charge on any atom is -0.330 e. The van der Waals surface area contributed by atoms with Crippen molar-refractivity contribution in [1.29, 1.82) is 0 Å². The summed E-state index contributed by atoms with van der Waals surface area (Å²) < 4.78 is 0. The Balaban J connectivity index is 2.16. The van der Waals surface area contributed by atoms with Gasteiger partial charge in [0.15, 0.2) is 0 Å². The Morgan fingerprint density at radius 2 is 1.86 bits per heavy atom. The minimum absolute atomic E-state index is 0.0278. The van der Waals surface area contributed by atoms with Gasteiger partial charge in [-0.15, -0.1) is 0 Å². The molecular weight excluding hydrogens is 266 g/mol. The molecule has 1 aliphatic carbocycles. The SMILES string of the molecule is CC1CCCC(C)C12NC(=O)N(CCC(C)(C)CN)C2=O. The third kappa shape index (κ3) is 2.68. The van der Waals surface area contributed by atoms with Crippen LogP contribution in [-0.4, -0.2) is 35.5 Å². The third-order valence-electron chi connectivity index (χ3n) is 5.55. The standard InChI is InChI=1S/C16H29N3O2/c1-11-6-5-7-12(2)16(11)13(20)19(14(21)18-16)9-8-15(3,4)10-17/h11-12H,5-10,17H2,1-4H3,(H,18,21). The predicted molar refractivity (Wildman–Crippen MR) is 82.6 cm³/mol. The lowest BCUT2D eigenvalue weighted by molar-refractivity contribution is -0.136. The van der Waals surface area contributed by atoms with Crippen LogP contribution >= 0.6 is 0 Å². The van der Waals surface area contributed by atoms with E-state index in [-0.39, 0.29) is 29.2 Å². The van der Waals surface area contributed by atoms with Crippen LogP contribution in [0.25, 0.3) is 0 Å². The van der Waals surface area contributed by atoms with Gasteiger partial charge in [0.25, 0.3) is 5.91 Å². The van der Waals surface area contributed by atoms with Crippen molar-refractivity contribution in [2.45, 2.75) is 58.9 Å². The molecule has 2 aliphatic rings. The maximum absolute atomic E-state index is 12.9. The molecule has 1 aliphatic heterocycles. The van der Waals surface area contributed by atoms with E-state index in [1.807, 2.05) is 0 Å². The zero-order valence-electron chi connectivity index (χ0n) is 13.7. The molecule has 0 bridgehead atoms.